The number of nitrogens with zero attached hydrogens (tertiary/aromatic N) is 1. The maximum atomic E-state index is 13.1. The molecule has 6 nitrogen and oxygen atoms in total. The lowest BCUT2D eigenvalue weighted by Crippen LogP contribution is -2.29. The Morgan fingerprint density at radius 2 is 1.84 bits per heavy atom. The summed E-state index contributed by atoms with van der Waals surface area (Å²) in [6, 6.07) is 16.8. The maximum absolute atomic E-state index is 13.1. The zero-order valence-corrected chi connectivity index (χ0v) is 18.2. The Bertz CT molecular complexity index is 1160. The Labute approximate surface area is 186 Å². The molecule has 0 spiro atoms. The van der Waals surface area contributed by atoms with Crippen molar-refractivity contribution < 1.29 is 23.8 Å². The highest BCUT2D eigenvalue weighted by Crippen LogP contribution is 2.42. The molecular weight excluding hydrogens is 406 g/mol. The van der Waals surface area contributed by atoms with E-state index in [9.17, 15) is 14.7 Å². The molecule has 2 heterocycles. The topological polar surface area (TPSA) is 80.0 Å². The van der Waals surface area contributed by atoms with Crippen LogP contribution in [0.15, 0.2) is 76.9 Å². The number of aliphatic hydroxyl groups is 1. The molecule has 164 valence electrons. The first-order valence-corrected chi connectivity index (χ1v) is 10.6. The molecule has 2 aromatic carbocycles. The van der Waals surface area contributed by atoms with Crippen molar-refractivity contribution in [3.8, 4) is 5.75 Å². The van der Waals surface area contributed by atoms with Crippen LogP contribution < -0.4 is 9.64 Å². The van der Waals surface area contributed by atoms with Crippen LogP contribution in [0.4, 0.5) is 5.69 Å². The monoisotopic (exact) mass is 431 g/mol. The van der Waals surface area contributed by atoms with Gasteiger partial charge in [-0.25, -0.2) is 0 Å². The smallest absolute Gasteiger partial charge is 0.300 e. The minimum Gasteiger partial charge on any atom is -0.507 e. The molecule has 0 aliphatic carbocycles. The van der Waals surface area contributed by atoms with Gasteiger partial charge >= 0.3 is 0 Å². The first-order valence-electron chi connectivity index (χ1n) is 10.6. The van der Waals surface area contributed by atoms with Crippen LogP contribution in [0.3, 0.4) is 0 Å². The second-order valence-corrected chi connectivity index (χ2v) is 7.90. The third kappa shape index (κ3) is 3.91. The SMILES string of the molecule is CCc1ccc(N2C(=O)C(=O)/C(=C(\O)c3cccc(OC(C)C)c3)C2c2ccco2)cc1. The Hall–Kier alpha value is -3.80. The summed E-state index contributed by atoms with van der Waals surface area (Å²) in [7, 11) is 0. The Balaban J connectivity index is 1.85. The van der Waals surface area contributed by atoms with Gasteiger partial charge in [-0.15, -0.1) is 0 Å². The van der Waals surface area contributed by atoms with Crippen molar-refractivity contribution in [3.63, 3.8) is 0 Å². The van der Waals surface area contributed by atoms with E-state index in [1.807, 2.05) is 32.9 Å². The van der Waals surface area contributed by atoms with Crippen molar-refractivity contribution in [2.75, 3.05) is 4.90 Å². The van der Waals surface area contributed by atoms with Gasteiger partial charge in [-0.05, 0) is 62.2 Å². The lowest BCUT2D eigenvalue weighted by molar-refractivity contribution is -0.132. The van der Waals surface area contributed by atoms with Gasteiger partial charge in [0.25, 0.3) is 11.7 Å². The van der Waals surface area contributed by atoms with Gasteiger partial charge in [-0.3, -0.25) is 14.5 Å². The fraction of sp³-hybridized carbons (Fsp3) is 0.231. The summed E-state index contributed by atoms with van der Waals surface area (Å²) in [5.41, 5.74) is 2.04. The van der Waals surface area contributed by atoms with E-state index in [0.717, 1.165) is 12.0 Å². The molecule has 0 saturated carbocycles. The highest BCUT2D eigenvalue weighted by atomic mass is 16.5. The summed E-state index contributed by atoms with van der Waals surface area (Å²) >= 11 is 0. The average molecular weight is 431 g/mol. The van der Waals surface area contributed by atoms with E-state index in [4.69, 9.17) is 9.15 Å². The third-order valence-corrected chi connectivity index (χ3v) is 5.36. The normalized spacial score (nSPS) is 17.9. The lowest BCUT2D eigenvalue weighted by Gasteiger charge is -2.23. The van der Waals surface area contributed by atoms with E-state index in [-0.39, 0.29) is 17.4 Å². The fourth-order valence-corrected chi connectivity index (χ4v) is 3.85. The van der Waals surface area contributed by atoms with Gasteiger partial charge in [0.2, 0.25) is 0 Å². The summed E-state index contributed by atoms with van der Waals surface area (Å²) in [4.78, 5) is 27.6. The van der Waals surface area contributed by atoms with Crippen LogP contribution in [0.25, 0.3) is 5.76 Å². The standard InChI is InChI=1S/C26H25NO5/c1-4-17-10-12-19(13-11-17)27-23(21-9-6-14-31-21)22(25(29)26(27)30)24(28)18-7-5-8-20(15-18)32-16(2)3/h5-16,23,28H,4H2,1-3H3/b24-22-. The van der Waals surface area contributed by atoms with Crippen LogP contribution in [0.2, 0.25) is 0 Å². The minimum atomic E-state index is -0.882. The van der Waals surface area contributed by atoms with Crippen molar-refractivity contribution in [1.29, 1.82) is 0 Å². The van der Waals surface area contributed by atoms with Gasteiger partial charge < -0.3 is 14.3 Å². The van der Waals surface area contributed by atoms with Crippen molar-refractivity contribution in [1.82, 2.24) is 0 Å². The van der Waals surface area contributed by atoms with Crippen LogP contribution >= 0.6 is 0 Å². The van der Waals surface area contributed by atoms with Crippen molar-refractivity contribution in [3.05, 3.63) is 89.4 Å². The molecule has 1 saturated heterocycles. The number of hydrogen-bond donors (Lipinski definition) is 1. The number of anilines is 1. The number of Topliss-reactive ketones (excluding diaryl/α,β-unsaturated/α-hetero) is 1. The highest BCUT2D eigenvalue weighted by Gasteiger charge is 2.48. The van der Waals surface area contributed by atoms with Gasteiger partial charge in [0, 0.05) is 11.3 Å². The number of hydrogen-bond acceptors (Lipinski definition) is 5. The van der Waals surface area contributed by atoms with E-state index in [1.165, 1.54) is 11.2 Å². The molecule has 6 heteroatoms. The van der Waals surface area contributed by atoms with Crippen LogP contribution in [-0.2, 0) is 16.0 Å². The molecule has 32 heavy (non-hydrogen) atoms. The van der Waals surface area contributed by atoms with Crippen LogP contribution in [0.5, 0.6) is 5.75 Å². The third-order valence-electron chi connectivity index (χ3n) is 5.36. The second kappa shape index (κ2) is 8.75. The summed E-state index contributed by atoms with van der Waals surface area (Å²) < 4.78 is 11.3. The fourth-order valence-electron chi connectivity index (χ4n) is 3.85. The van der Waals surface area contributed by atoms with Gasteiger partial charge in [0.05, 0.1) is 17.9 Å². The predicted molar refractivity (Wildman–Crippen MR) is 122 cm³/mol. The number of ether oxygens (including phenoxy) is 1. The van der Waals surface area contributed by atoms with Gasteiger partial charge in [0.15, 0.2) is 0 Å². The highest BCUT2D eigenvalue weighted by molar-refractivity contribution is 6.51. The summed E-state index contributed by atoms with van der Waals surface area (Å²) in [5, 5.41) is 11.2. The zero-order valence-electron chi connectivity index (χ0n) is 18.2. The van der Waals surface area contributed by atoms with E-state index >= 15 is 0 Å². The predicted octanol–water partition coefficient (Wildman–Crippen LogP) is 5.26. The molecule has 4 rings (SSSR count). The summed E-state index contributed by atoms with van der Waals surface area (Å²) in [6.07, 6.45) is 2.29. The molecule has 1 aliphatic heterocycles. The lowest BCUT2D eigenvalue weighted by atomic mass is 9.99. The summed E-state index contributed by atoms with van der Waals surface area (Å²) in [5.74, 6) is -0.806. The molecule has 0 radical (unpaired) electrons. The molecule has 1 unspecified atom stereocenters. The number of carbonyl (C=O) groups is 2. The first-order chi connectivity index (χ1) is 15.4. The first kappa shape index (κ1) is 21.4. The number of rotatable bonds is 6. The molecule has 1 fully saturated rings. The zero-order chi connectivity index (χ0) is 22.8. The molecular formula is C26H25NO5. The molecule has 1 amide bonds. The second-order valence-electron chi connectivity index (χ2n) is 7.90. The molecule has 1 aromatic heterocycles. The number of benzene rings is 2. The van der Waals surface area contributed by atoms with Gasteiger partial charge in [0.1, 0.15) is 23.3 Å². The number of aliphatic hydroxyl groups excluding tert-OH is 1. The minimum absolute atomic E-state index is 0.0220. The Morgan fingerprint density at radius 3 is 2.47 bits per heavy atom. The van der Waals surface area contributed by atoms with Crippen molar-refractivity contribution >= 4 is 23.1 Å². The largest absolute Gasteiger partial charge is 0.507 e. The van der Waals surface area contributed by atoms with Gasteiger partial charge in [-0.1, -0.05) is 31.2 Å². The van der Waals surface area contributed by atoms with E-state index in [1.54, 1.807) is 48.5 Å². The number of furan rings is 1. The van der Waals surface area contributed by atoms with E-state index in [0.29, 0.717) is 22.8 Å². The Kier molecular flexibility index (Phi) is 5.86. The quantitative estimate of drug-likeness (QED) is 0.327. The number of amides is 1. The number of aryl methyl sites for hydroxylation is 1. The van der Waals surface area contributed by atoms with Crippen LogP contribution in [0.1, 0.15) is 43.7 Å². The molecule has 0 bridgehead atoms. The Morgan fingerprint density at radius 1 is 1.09 bits per heavy atom. The molecule has 1 atom stereocenters. The maximum Gasteiger partial charge on any atom is 0.300 e. The van der Waals surface area contributed by atoms with Crippen LogP contribution in [-0.4, -0.2) is 22.9 Å². The number of ketones is 1. The molecule has 1 aliphatic rings. The summed E-state index contributed by atoms with van der Waals surface area (Å²) in [6.45, 7) is 5.85. The van der Waals surface area contributed by atoms with E-state index < -0.39 is 17.7 Å². The van der Waals surface area contributed by atoms with Gasteiger partial charge in [-0.2, -0.15) is 0 Å². The number of carbonyl (C=O) groups excluding carboxylic acids is 2. The molecule has 1 N–H and O–H groups in total. The van der Waals surface area contributed by atoms with Crippen molar-refractivity contribution in [2.24, 2.45) is 0 Å². The average Bonchev–Trinajstić information content (AvgIpc) is 3.40. The van der Waals surface area contributed by atoms with E-state index in [2.05, 4.69) is 0 Å². The van der Waals surface area contributed by atoms with Crippen molar-refractivity contribution in [2.45, 2.75) is 39.3 Å². The van der Waals surface area contributed by atoms with Crippen LogP contribution in [0, 0.1) is 0 Å². The molecule has 3 aromatic rings.